The maximum atomic E-state index is 13.1. The lowest BCUT2D eigenvalue weighted by atomic mass is 10.0. The Hall–Kier alpha value is -2.96. The van der Waals surface area contributed by atoms with Crippen molar-refractivity contribution < 1.29 is 14.3 Å². The minimum absolute atomic E-state index is 0.163. The Balaban J connectivity index is 1.50. The molecule has 6 heteroatoms. The summed E-state index contributed by atoms with van der Waals surface area (Å²) in [6.07, 6.45) is 3.35. The molecule has 166 valence electrons. The number of anilines is 1. The van der Waals surface area contributed by atoms with Crippen LogP contribution in [0.2, 0.25) is 0 Å². The number of carbonyl (C=O) groups is 2. The van der Waals surface area contributed by atoms with Crippen molar-refractivity contribution >= 4 is 28.8 Å². The molecule has 3 aromatic rings. The molecule has 32 heavy (non-hydrogen) atoms. The summed E-state index contributed by atoms with van der Waals surface area (Å²) in [7, 11) is 0. The average Bonchev–Trinajstić information content (AvgIpc) is 3.53. The largest absolute Gasteiger partial charge is 0.368 e. The maximum absolute atomic E-state index is 13.1. The average molecular weight is 449 g/mol. The van der Waals surface area contributed by atoms with E-state index in [0.717, 1.165) is 36.1 Å². The molecule has 2 amide bonds. The van der Waals surface area contributed by atoms with E-state index < -0.39 is 6.10 Å². The number of ether oxygens (including phenoxy) is 1. The van der Waals surface area contributed by atoms with Crippen LogP contribution >= 0.6 is 11.3 Å². The fourth-order valence-corrected chi connectivity index (χ4v) is 4.70. The molecule has 0 spiro atoms. The van der Waals surface area contributed by atoms with Crippen molar-refractivity contribution in [2.24, 2.45) is 0 Å². The minimum atomic E-state index is -0.411. The van der Waals surface area contributed by atoms with Gasteiger partial charge in [-0.1, -0.05) is 49.7 Å². The number of rotatable bonds is 8. The molecule has 0 unspecified atom stereocenters. The van der Waals surface area contributed by atoms with Crippen LogP contribution in [-0.2, 0) is 16.0 Å². The van der Waals surface area contributed by atoms with Crippen molar-refractivity contribution in [1.82, 2.24) is 5.32 Å². The number of hydrogen-bond donors (Lipinski definition) is 2. The SMILES string of the molecule is CCCc1ccc([C@H](NC(=O)c2cccc(NC(=O)[C@@H]3CCCO3)c2)c2cccs2)cc1. The summed E-state index contributed by atoms with van der Waals surface area (Å²) in [5, 5.41) is 8.06. The van der Waals surface area contributed by atoms with Crippen molar-refractivity contribution in [2.75, 3.05) is 11.9 Å². The third-order valence-electron chi connectivity index (χ3n) is 5.57. The number of aryl methyl sites for hydroxylation is 1. The van der Waals surface area contributed by atoms with E-state index >= 15 is 0 Å². The summed E-state index contributed by atoms with van der Waals surface area (Å²) < 4.78 is 5.44. The molecule has 1 saturated heterocycles. The van der Waals surface area contributed by atoms with Crippen LogP contribution in [0, 0.1) is 0 Å². The summed E-state index contributed by atoms with van der Waals surface area (Å²) >= 11 is 1.62. The Kier molecular flexibility index (Phi) is 7.35. The molecular formula is C26H28N2O3S. The van der Waals surface area contributed by atoms with Gasteiger partial charge >= 0.3 is 0 Å². The van der Waals surface area contributed by atoms with Crippen LogP contribution in [0.1, 0.15) is 58.6 Å². The molecule has 2 atom stereocenters. The van der Waals surface area contributed by atoms with Crippen LogP contribution in [0.15, 0.2) is 66.0 Å². The molecule has 4 rings (SSSR count). The highest BCUT2D eigenvalue weighted by atomic mass is 32.1. The summed E-state index contributed by atoms with van der Waals surface area (Å²) in [4.78, 5) is 26.6. The van der Waals surface area contributed by atoms with Crippen molar-refractivity contribution in [1.29, 1.82) is 0 Å². The summed E-state index contributed by atoms with van der Waals surface area (Å²) in [6.45, 7) is 2.78. The van der Waals surface area contributed by atoms with E-state index in [1.54, 1.807) is 35.6 Å². The fourth-order valence-electron chi connectivity index (χ4n) is 3.90. The third-order valence-corrected chi connectivity index (χ3v) is 6.51. The first-order valence-electron chi connectivity index (χ1n) is 11.1. The lowest BCUT2D eigenvalue weighted by Crippen LogP contribution is -2.29. The van der Waals surface area contributed by atoms with Crippen LogP contribution in [0.5, 0.6) is 0 Å². The number of carbonyl (C=O) groups excluding carboxylic acids is 2. The highest BCUT2D eigenvalue weighted by Crippen LogP contribution is 2.27. The Bertz CT molecular complexity index is 1040. The second-order valence-corrected chi connectivity index (χ2v) is 8.96. The summed E-state index contributed by atoms with van der Waals surface area (Å²) in [5.41, 5.74) is 3.43. The zero-order chi connectivity index (χ0) is 22.3. The van der Waals surface area contributed by atoms with E-state index in [4.69, 9.17) is 4.74 Å². The molecule has 2 heterocycles. The van der Waals surface area contributed by atoms with Gasteiger partial charge in [0.1, 0.15) is 6.10 Å². The van der Waals surface area contributed by atoms with E-state index in [1.165, 1.54) is 5.56 Å². The zero-order valence-electron chi connectivity index (χ0n) is 18.2. The zero-order valence-corrected chi connectivity index (χ0v) is 19.0. The molecule has 0 aliphatic carbocycles. The van der Waals surface area contributed by atoms with Gasteiger partial charge in [-0.15, -0.1) is 11.3 Å². The van der Waals surface area contributed by atoms with Gasteiger partial charge in [-0.3, -0.25) is 9.59 Å². The molecule has 0 bridgehead atoms. The van der Waals surface area contributed by atoms with Gasteiger partial charge in [-0.05, 0) is 60.0 Å². The number of thiophene rings is 1. The molecule has 1 aliphatic rings. The highest BCUT2D eigenvalue weighted by Gasteiger charge is 2.24. The highest BCUT2D eigenvalue weighted by molar-refractivity contribution is 7.10. The number of hydrogen-bond acceptors (Lipinski definition) is 4. The first-order valence-corrected chi connectivity index (χ1v) is 12.0. The number of nitrogens with one attached hydrogen (secondary N) is 2. The van der Waals surface area contributed by atoms with Gasteiger partial charge in [0.25, 0.3) is 11.8 Å². The van der Waals surface area contributed by atoms with E-state index in [2.05, 4.69) is 41.8 Å². The van der Waals surface area contributed by atoms with Gasteiger partial charge < -0.3 is 15.4 Å². The number of benzene rings is 2. The topological polar surface area (TPSA) is 67.4 Å². The lowest BCUT2D eigenvalue weighted by Gasteiger charge is -2.19. The summed E-state index contributed by atoms with van der Waals surface area (Å²) in [5.74, 6) is -0.349. The van der Waals surface area contributed by atoms with Crippen LogP contribution in [0.4, 0.5) is 5.69 Å². The Labute approximate surface area is 192 Å². The van der Waals surface area contributed by atoms with Gasteiger partial charge in [-0.2, -0.15) is 0 Å². The van der Waals surface area contributed by atoms with Crippen molar-refractivity contribution in [3.8, 4) is 0 Å². The van der Waals surface area contributed by atoms with Gasteiger partial charge in [0.05, 0.1) is 6.04 Å². The Morgan fingerprint density at radius 3 is 2.66 bits per heavy atom. The van der Waals surface area contributed by atoms with Crippen LogP contribution < -0.4 is 10.6 Å². The van der Waals surface area contributed by atoms with E-state index in [-0.39, 0.29) is 17.9 Å². The number of amides is 2. The van der Waals surface area contributed by atoms with Gasteiger partial charge in [0, 0.05) is 22.7 Å². The maximum Gasteiger partial charge on any atom is 0.253 e. The lowest BCUT2D eigenvalue weighted by molar-refractivity contribution is -0.124. The smallest absolute Gasteiger partial charge is 0.253 e. The monoisotopic (exact) mass is 448 g/mol. The normalized spacial score (nSPS) is 16.5. The first kappa shape index (κ1) is 22.2. The first-order chi connectivity index (χ1) is 15.6. The van der Waals surface area contributed by atoms with E-state index in [9.17, 15) is 9.59 Å². The molecule has 2 N–H and O–H groups in total. The predicted octanol–water partition coefficient (Wildman–Crippen LogP) is 5.34. The van der Waals surface area contributed by atoms with Crippen molar-refractivity contribution in [2.45, 2.75) is 44.8 Å². The summed E-state index contributed by atoms with van der Waals surface area (Å²) in [6, 6.07) is 19.3. The molecule has 1 fully saturated rings. The molecular weight excluding hydrogens is 420 g/mol. The van der Waals surface area contributed by atoms with E-state index in [1.807, 2.05) is 17.5 Å². The molecule has 5 nitrogen and oxygen atoms in total. The van der Waals surface area contributed by atoms with Crippen molar-refractivity contribution in [3.63, 3.8) is 0 Å². The predicted molar refractivity (Wildman–Crippen MR) is 128 cm³/mol. The van der Waals surface area contributed by atoms with Crippen LogP contribution in [-0.4, -0.2) is 24.5 Å². The third kappa shape index (κ3) is 5.44. The molecule has 0 saturated carbocycles. The quantitative estimate of drug-likeness (QED) is 0.489. The Morgan fingerprint density at radius 2 is 1.97 bits per heavy atom. The molecule has 1 aromatic heterocycles. The second kappa shape index (κ2) is 10.6. The standard InChI is InChI=1S/C26H28N2O3S/c1-2-6-18-11-13-19(14-12-18)24(23-10-5-16-32-23)28-25(29)20-7-3-8-21(17-20)27-26(30)22-9-4-15-31-22/h3,5,7-8,10-14,16-17,22,24H,2,4,6,9,15H2,1H3,(H,27,30)(H,28,29)/t22-,24-/m0/s1. The van der Waals surface area contributed by atoms with Gasteiger partial charge in [-0.25, -0.2) is 0 Å². The fraction of sp³-hybridized carbons (Fsp3) is 0.308. The van der Waals surface area contributed by atoms with E-state index in [0.29, 0.717) is 17.9 Å². The van der Waals surface area contributed by atoms with Crippen LogP contribution in [0.3, 0.4) is 0 Å². The molecule has 0 radical (unpaired) electrons. The van der Waals surface area contributed by atoms with Crippen molar-refractivity contribution in [3.05, 3.63) is 87.6 Å². The molecule has 2 aromatic carbocycles. The van der Waals surface area contributed by atoms with Gasteiger partial charge in [0.2, 0.25) is 0 Å². The second-order valence-electron chi connectivity index (χ2n) is 7.99. The Morgan fingerprint density at radius 1 is 1.12 bits per heavy atom. The van der Waals surface area contributed by atoms with Gasteiger partial charge in [0.15, 0.2) is 0 Å². The minimum Gasteiger partial charge on any atom is -0.368 e. The molecule has 1 aliphatic heterocycles. The van der Waals surface area contributed by atoms with Crippen LogP contribution in [0.25, 0.3) is 0 Å².